The van der Waals surface area contributed by atoms with Gasteiger partial charge in [-0.2, -0.15) is 13.2 Å². The first kappa shape index (κ1) is 15.8. The molecule has 1 unspecified atom stereocenters. The van der Waals surface area contributed by atoms with Gasteiger partial charge in [-0.15, -0.1) is 11.6 Å². The van der Waals surface area contributed by atoms with Gasteiger partial charge in [-0.25, -0.2) is 4.39 Å². The lowest BCUT2D eigenvalue weighted by Crippen LogP contribution is -2.10. The van der Waals surface area contributed by atoms with Crippen molar-refractivity contribution in [3.63, 3.8) is 0 Å². The zero-order valence-electron chi connectivity index (χ0n) is 11.2. The van der Waals surface area contributed by atoms with Crippen LogP contribution in [0, 0.1) is 5.82 Å². The van der Waals surface area contributed by atoms with Crippen molar-refractivity contribution in [1.29, 1.82) is 0 Å². The molecule has 0 saturated carbocycles. The van der Waals surface area contributed by atoms with Gasteiger partial charge in [0.25, 0.3) is 0 Å². The molecule has 0 fully saturated rings. The first-order chi connectivity index (χ1) is 9.84. The van der Waals surface area contributed by atoms with Crippen molar-refractivity contribution in [2.75, 3.05) is 0 Å². The van der Waals surface area contributed by atoms with Crippen LogP contribution >= 0.6 is 11.6 Å². The Morgan fingerprint density at radius 3 is 2.19 bits per heavy atom. The van der Waals surface area contributed by atoms with Crippen LogP contribution in [-0.2, 0) is 12.6 Å². The van der Waals surface area contributed by atoms with Crippen LogP contribution in [0.4, 0.5) is 17.6 Å². The zero-order valence-corrected chi connectivity index (χ0v) is 12.0. The highest BCUT2D eigenvalue weighted by molar-refractivity contribution is 6.22. The molecule has 0 heterocycles. The minimum atomic E-state index is -4.73. The SMILES string of the molecule is CCc1ccc(C(Cl)c2cccc(C(F)(F)F)c2F)cc1. The molecule has 0 amide bonds. The minimum absolute atomic E-state index is 0.171. The van der Waals surface area contributed by atoms with E-state index in [-0.39, 0.29) is 5.56 Å². The molecule has 0 radical (unpaired) electrons. The third-order valence-corrected chi connectivity index (χ3v) is 3.77. The maximum absolute atomic E-state index is 14.0. The minimum Gasteiger partial charge on any atom is -0.206 e. The number of benzene rings is 2. The molecule has 0 aliphatic rings. The van der Waals surface area contributed by atoms with Gasteiger partial charge < -0.3 is 0 Å². The van der Waals surface area contributed by atoms with E-state index < -0.39 is 22.9 Å². The quantitative estimate of drug-likeness (QED) is 0.500. The Labute approximate surface area is 125 Å². The van der Waals surface area contributed by atoms with Crippen LogP contribution in [0.1, 0.15) is 34.6 Å². The average molecular weight is 317 g/mol. The van der Waals surface area contributed by atoms with Crippen molar-refractivity contribution in [3.8, 4) is 0 Å². The molecule has 0 N–H and O–H groups in total. The zero-order chi connectivity index (χ0) is 15.6. The fourth-order valence-corrected chi connectivity index (χ4v) is 2.38. The van der Waals surface area contributed by atoms with Crippen molar-refractivity contribution in [2.45, 2.75) is 24.9 Å². The standard InChI is InChI=1S/C16H13ClF4/c1-2-10-6-8-11(9-7-10)14(17)12-4-3-5-13(15(12)18)16(19,20)21/h3-9,14H,2H2,1H3. The molecular formula is C16H13ClF4. The van der Waals surface area contributed by atoms with E-state index in [1.54, 1.807) is 12.1 Å². The van der Waals surface area contributed by atoms with Crippen LogP contribution in [0.2, 0.25) is 0 Å². The van der Waals surface area contributed by atoms with E-state index in [0.717, 1.165) is 18.1 Å². The largest absolute Gasteiger partial charge is 0.419 e. The van der Waals surface area contributed by atoms with E-state index in [1.807, 2.05) is 19.1 Å². The molecule has 0 saturated heterocycles. The maximum atomic E-state index is 14.0. The third-order valence-electron chi connectivity index (χ3n) is 3.29. The molecule has 2 aromatic carbocycles. The smallest absolute Gasteiger partial charge is 0.206 e. The fraction of sp³-hybridized carbons (Fsp3) is 0.250. The second kappa shape index (κ2) is 6.06. The van der Waals surface area contributed by atoms with Crippen LogP contribution in [0.3, 0.4) is 0 Å². The lowest BCUT2D eigenvalue weighted by Gasteiger charge is -2.15. The molecule has 2 aromatic rings. The number of aryl methyl sites for hydroxylation is 1. The number of halogens is 5. The first-order valence-corrected chi connectivity index (χ1v) is 6.86. The van der Waals surface area contributed by atoms with Gasteiger partial charge in [-0.1, -0.05) is 43.3 Å². The van der Waals surface area contributed by atoms with Gasteiger partial charge in [-0.05, 0) is 23.6 Å². The Hall–Kier alpha value is -1.55. The van der Waals surface area contributed by atoms with E-state index in [9.17, 15) is 17.6 Å². The van der Waals surface area contributed by atoms with Crippen LogP contribution < -0.4 is 0 Å². The molecule has 1 atom stereocenters. The Morgan fingerprint density at radius 2 is 1.67 bits per heavy atom. The topological polar surface area (TPSA) is 0 Å². The lowest BCUT2D eigenvalue weighted by molar-refractivity contribution is -0.140. The second-order valence-electron chi connectivity index (χ2n) is 4.66. The van der Waals surface area contributed by atoms with Crippen LogP contribution in [0.25, 0.3) is 0 Å². The molecule has 0 spiro atoms. The summed E-state index contributed by atoms with van der Waals surface area (Å²) in [6, 6.07) is 10.2. The summed E-state index contributed by atoms with van der Waals surface area (Å²) >= 11 is 6.15. The molecule has 0 bridgehead atoms. The van der Waals surface area contributed by atoms with Crippen LogP contribution in [0.5, 0.6) is 0 Å². The summed E-state index contributed by atoms with van der Waals surface area (Å²) in [6.45, 7) is 1.99. The van der Waals surface area contributed by atoms with Crippen molar-refractivity contribution < 1.29 is 17.6 Å². The van der Waals surface area contributed by atoms with Gasteiger partial charge in [0, 0.05) is 5.56 Å². The first-order valence-electron chi connectivity index (χ1n) is 6.43. The normalized spacial score (nSPS) is 13.2. The van der Waals surface area contributed by atoms with Crippen molar-refractivity contribution in [1.82, 2.24) is 0 Å². The van der Waals surface area contributed by atoms with Crippen LogP contribution in [-0.4, -0.2) is 0 Å². The second-order valence-corrected chi connectivity index (χ2v) is 5.10. The van der Waals surface area contributed by atoms with E-state index in [2.05, 4.69) is 0 Å². The van der Waals surface area contributed by atoms with Crippen molar-refractivity contribution in [3.05, 3.63) is 70.5 Å². The summed E-state index contributed by atoms with van der Waals surface area (Å²) in [5.41, 5.74) is 0.172. The molecule has 112 valence electrons. The molecule has 0 aliphatic heterocycles. The number of hydrogen-bond acceptors (Lipinski definition) is 0. The average Bonchev–Trinajstić information content (AvgIpc) is 2.45. The Morgan fingerprint density at radius 1 is 1.05 bits per heavy atom. The van der Waals surface area contributed by atoms with E-state index in [4.69, 9.17) is 11.6 Å². The van der Waals surface area contributed by atoms with Gasteiger partial charge in [0.15, 0.2) is 0 Å². The molecular weight excluding hydrogens is 304 g/mol. The highest BCUT2D eigenvalue weighted by atomic mass is 35.5. The lowest BCUT2D eigenvalue weighted by atomic mass is 10.00. The molecule has 21 heavy (non-hydrogen) atoms. The summed E-state index contributed by atoms with van der Waals surface area (Å²) < 4.78 is 52.2. The summed E-state index contributed by atoms with van der Waals surface area (Å²) in [5.74, 6) is -1.32. The number of hydrogen-bond donors (Lipinski definition) is 0. The summed E-state index contributed by atoms with van der Waals surface area (Å²) in [4.78, 5) is 0. The van der Waals surface area contributed by atoms with E-state index in [0.29, 0.717) is 11.6 Å². The molecule has 5 heteroatoms. The predicted molar refractivity (Wildman–Crippen MR) is 74.9 cm³/mol. The predicted octanol–water partition coefficient (Wildman–Crippen LogP) is 5.74. The van der Waals surface area contributed by atoms with Crippen molar-refractivity contribution in [2.24, 2.45) is 0 Å². The van der Waals surface area contributed by atoms with E-state index in [1.165, 1.54) is 6.07 Å². The number of alkyl halides is 4. The molecule has 2 rings (SSSR count). The van der Waals surface area contributed by atoms with Gasteiger partial charge in [0.05, 0.1) is 10.9 Å². The maximum Gasteiger partial charge on any atom is 0.419 e. The third kappa shape index (κ3) is 3.38. The molecule has 0 aliphatic carbocycles. The van der Waals surface area contributed by atoms with Crippen molar-refractivity contribution >= 4 is 11.6 Å². The van der Waals surface area contributed by atoms with Gasteiger partial charge >= 0.3 is 6.18 Å². The molecule has 0 aromatic heterocycles. The van der Waals surface area contributed by atoms with E-state index >= 15 is 0 Å². The fourth-order valence-electron chi connectivity index (χ4n) is 2.07. The van der Waals surface area contributed by atoms with Gasteiger partial charge in [0.1, 0.15) is 5.82 Å². The van der Waals surface area contributed by atoms with Gasteiger partial charge in [-0.3, -0.25) is 0 Å². The summed E-state index contributed by atoms with van der Waals surface area (Å²) in [5, 5.41) is -0.960. The summed E-state index contributed by atoms with van der Waals surface area (Å²) in [6.07, 6.45) is -3.89. The Balaban J connectivity index is 2.41. The highest BCUT2D eigenvalue weighted by Crippen LogP contribution is 2.37. The molecule has 0 nitrogen and oxygen atoms in total. The summed E-state index contributed by atoms with van der Waals surface area (Å²) in [7, 11) is 0. The van der Waals surface area contributed by atoms with Crippen LogP contribution in [0.15, 0.2) is 42.5 Å². The monoisotopic (exact) mass is 316 g/mol. The van der Waals surface area contributed by atoms with Gasteiger partial charge in [0.2, 0.25) is 0 Å². The number of rotatable bonds is 3. The highest BCUT2D eigenvalue weighted by Gasteiger charge is 2.35. The Kier molecular flexibility index (Phi) is 4.57. The Bertz CT molecular complexity index is 617.